The average Bonchev–Trinajstić information content (AvgIpc) is 2.43. The molecule has 0 unspecified atom stereocenters. The van der Waals surface area contributed by atoms with Gasteiger partial charge in [-0.25, -0.2) is 15.8 Å². The fraction of sp³-hybridized carbons (Fsp3) is 0.167. The number of nitrogens with one attached hydrogen (secondary N) is 2. The number of halogens is 2. The molecule has 0 aliphatic rings. The van der Waals surface area contributed by atoms with E-state index in [1.54, 1.807) is 19.2 Å². The second-order valence-corrected chi connectivity index (χ2v) is 5.15. The van der Waals surface area contributed by atoms with Gasteiger partial charge in [0, 0.05) is 23.3 Å². The molecule has 1 heterocycles. The summed E-state index contributed by atoms with van der Waals surface area (Å²) in [4.78, 5) is 8.49. The van der Waals surface area contributed by atoms with Crippen LogP contribution in [0.5, 0.6) is 0 Å². The van der Waals surface area contributed by atoms with Crippen molar-refractivity contribution >= 4 is 44.9 Å². The highest BCUT2D eigenvalue weighted by Gasteiger charge is 2.05. The predicted octanol–water partition coefficient (Wildman–Crippen LogP) is 3.07. The number of nitrogens with two attached hydrogens (primary N) is 1. The van der Waals surface area contributed by atoms with Gasteiger partial charge in [0.05, 0.1) is 5.02 Å². The minimum Gasteiger partial charge on any atom is -0.377 e. The summed E-state index contributed by atoms with van der Waals surface area (Å²) < 4.78 is 5.85. The van der Waals surface area contributed by atoms with E-state index in [9.17, 15) is 0 Å². The summed E-state index contributed by atoms with van der Waals surface area (Å²) in [5, 5.41) is 3.75. The third-order valence-corrected chi connectivity index (χ3v) is 3.62. The summed E-state index contributed by atoms with van der Waals surface area (Å²) >= 11 is 9.39. The molecule has 0 amide bonds. The summed E-state index contributed by atoms with van der Waals surface area (Å²) in [5.41, 5.74) is 3.30. The smallest absolute Gasteiger partial charge is 0.158 e. The molecule has 0 bridgehead atoms. The molecule has 1 aromatic heterocycles. The maximum Gasteiger partial charge on any atom is 0.158 e. The number of anilines is 3. The van der Waals surface area contributed by atoms with Crippen molar-refractivity contribution < 1.29 is 4.74 Å². The monoisotopic (exact) mass is 357 g/mol. The Hall–Kier alpha value is -1.41. The van der Waals surface area contributed by atoms with E-state index in [1.807, 2.05) is 12.1 Å². The molecule has 0 aliphatic heterocycles. The molecule has 0 spiro atoms. The second kappa shape index (κ2) is 6.85. The van der Waals surface area contributed by atoms with Gasteiger partial charge in [-0.1, -0.05) is 11.6 Å². The normalized spacial score (nSPS) is 10.4. The van der Waals surface area contributed by atoms with Gasteiger partial charge in [0.25, 0.3) is 0 Å². The molecular formula is C12H13BrClN5O. The van der Waals surface area contributed by atoms with Crippen LogP contribution >= 0.6 is 27.5 Å². The van der Waals surface area contributed by atoms with Gasteiger partial charge >= 0.3 is 0 Å². The van der Waals surface area contributed by atoms with Gasteiger partial charge in [-0.2, -0.15) is 0 Å². The molecule has 0 radical (unpaired) electrons. The number of hydrogen-bond donors (Lipinski definition) is 3. The van der Waals surface area contributed by atoms with Crippen LogP contribution < -0.4 is 16.6 Å². The van der Waals surface area contributed by atoms with Gasteiger partial charge < -0.3 is 15.5 Å². The van der Waals surface area contributed by atoms with Crippen LogP contribution in [-0.2, 0) is 11.3 Å². The number of hydrogen-bond acceptors (Lipinski definition) is 6. The van der Waals surface area contributed by atoms with Crippen molar-refractivity contribution in [2.45, 2.75) is 6.61 Å². The molecule has 4 N–H and O–H groups in total. The van der Waals surface area contributed by atoms with Gasteiger partial charge in [0.15, 0.2) is 5.82 Å². The molecule has 0 saturated heterocycles. The summed E-state index contributed by atoms with van der Waals surface area (Å²) in [5.74, 6) is 7.00. The lowest BCUT2D eigenvalue weighted by atomic mass is 10.3. The Morgan fingerprint density at radius 2 is 2.05 bits per heavy atom. The van der Waals surface area contributed by atoms with Gasteiger partial charge in [0.1, 0.15) is 18.2 Å². The summed E-state index contributed by atoms with van der Waals surface area (Å²) in [6.07, 6.45) is 0. The molecule has 20 heavy (non-hydrogen) atoms. The standard InChI is InChI=1S/C12H13BrClN5O/c1-20-6-12-17-10(5-11(18-12)19-15)16-7-2-3-8(13)9(14)4-7/h2-5H,6,15H2,1H3,(H2,16,17,18,19). The fourth-order valence-electron chi connectivity index (χ4n) is 1.55. The fourth-order valence-corrected chi connectivity index (χ4v) is 1.98. The van der Waals surface area contributed by atoms with E-state index in [-0.39, 0.29) is 0 Å². The lowest BCUT2D eigenvalue weighted by Gasteiger charge is -2.10. The van der Waals surface area contributed by atoms with Crippen LogP contribution in [0.3, 0.4) is 0 Å². The zero-order valence-electron chi connectivity index (χ0n) is 10.7. The zero-order valence-corrected chi connectivity index (χ0v) is 13.0. The lowest BCUT2D eigenvalue weighted by Crippen LogP contribution is -2.11. The van der Waals surface area contributed by atoms with Gasteiger partial charge in [-0.05, 0) is 34.1 Å². The summed E-state index contributed by atoms with van der Waals surface area (Å²) in [6.45, 7) is 0.297. The molecule has 0 aliphatic carbocycles. The highest BCUT2D eigenvalue weighted by molar-refractivity contribution is 9.10. The lowest BCUT2D eigenvalue weighted by molar-refractivity contribution is 0.178. The Bertz CT molecular complexity index is 610. The number of ether oxygens (including phenoxy) is 1. The molecule has 8 heteroatoms. The van der Waals surface area contributed by atoms with E-state index in [0.717, 1.165) is 10.2 Å². The Balaban J connectivity index is 2.27. The van der Waals surface area contributed by atoms with E-state index in [4.69, 9.17) is 22.2 Å². The Labute approximate surface area is 129 Å². The van der Waals surface area contributed by atoms with E-state index in [2.05, 4.69) is 36.6 Å². The topological polar surface area (TPSA) is 85.1 Å². The van der Waals surface area contributed by atoms with Crippen molar-refractivity contribution in [2.24, 2.45) is 5.84 Å². The second-order valence-electron chi connectivity index (χ2n) is 3.89. The summed E-state index contributed by atoms with van der Waals surface area (Å²) in [7, 11) is 1.58. The Kier molecular flexibility index (Phi) is 5.13. The van der Waals surface area contributed by atoms with Crippen LogP contribution in [0.15, 0.2) is 28.7 Å². The highest BCUT2D eigenvalue weighted by Crippen LogP contribution is 2.27. The van der Waals surface area contributed by atoms with Crippen LogP contribution in [0.1, 0.15) is 5.82 Å². The van der Waals surface area contributed by atoms with Crippen LogP contribution in [0.25, 0.3) is 0 Å². The first-order chi connectivity index (χ1) is 9.62. The molecule has 1 aromatic carbocycles. The minimum atomic E-state index is 0.297. The van der Waals surface area contributed by atoms with Crippen molar-refractivity contribution in [3.05, 3.63) is 39.6 Å². The molecular weight excluding hydrogens is 346 g/mol. The van der Waals surface area contributed by atoms with Gasteiger partial charge in [0.2, 0.25) is 0 Å². The van der Waals surface area contributed by atoms with E-state index in [1.165, 1.54) is 0 Å². The maximum absolute atomic E-state index is 6.05. The van der Waals surface area contributed by atoms with E-state index in [0.29, 0.717) is 29.1 Å². The average molecular weight is 359 g/mol. The number of aromatic nitrogens is 2. The van der Waals surface area contributed by atoms with Crippen LogP contribution in [0.4, 0.5) is 17.3 Å². The zero-order chi connectivity index (χ0) is 14.5. The third kappa shape index (κ3) is 3.80. The Morgan fingerprint density at radius 1 is 1.30 bits per heavy atom. The molecule has 6 nitrogen and oxygen atoms in total. The maximum atomic E-state index is 6.05. The van der Waals surface area contributed by atoms with E-state index >= 15 is 0 Å². The van der Waals surface area contributed by atoms with Gasteiger partial charge in [-0.3, -0.25) is 0 Å². The number of rotatable bonds is 5. The molecule has 0 fully saturated rings. The summed E-state index contributed by atoms with van der Waals surface area (Å²) in [6, 6.07) is 7.21. The number of benzene rings is 1. The van der Waals surface area contributed by atoms with Crippen molar-refractivity contribution in [3.63, 3.8) is 0 Å². The molecule has 2 rings (SSSR count). The van der Waals surface area contributed by atoms with Crippen molar-refractivity contribution in [2.75, 3.05) is 17.9 Å². The third-order valence-electron chi connectivity index (χ3n) is 2.39. The first-order valence-electron chi connectivity index (χ1n) is 5.68. The first kappa shape index (κ1) is 15.0. The van der Waals surface area contributed by atoms with Crippen molar-refractivity contribution in [3.8, 4) is 0 Å². The minimum absolute atomic E-state index is 0.297. The molecule has 106 valence electrons. The quantitative estimate of drug-likeness (QED) is 0.562. The molecule has 0 saturated carbocycles. The van der Waals surface area contributed by atoms with Crippen molar-refractivity contribution in [1.29, 1.82) is 0 Å². The molecule has 2 aromatic rings. The SMILES string of the molecule is COCc1nc(NN)cc(Nc2ccc(Br)c(Cl)c2)n1. The van der Waals surface area contributed by atoms with Crippen LogP contribution in [0.2, 0.25) is 5.02 Å². The Morgan fingerprint density at radius 3 is 2.70 bits per heavy atom. The largest absolute Gasteiger partial charge is 0.377 e. The molecule has 0 atom stereocenters. The highest BCUT2D eigenvalue weighted by atomic mass is 79.9. The number of nitrogen functional groups attached to an aromatic ring is 1. The van der Waals surface area contributed by atoms with Gasteiger partial charge in [-0.15, -0.1) is 0 Å². The number of hydrazine groups is 1. The number of nitrogens with zero attached hydrogens (tertiary/aromatic N) is 2. The van der Waals surface area contributed by atoms with Crippen molar-refractivity contribution in [1.82, 2.24) is 9.97 Å². The predicted molar refractivity (Wildman–Crippen MR) is 83.0 cm³/mol. The number of methoxy groups -OCH3 is 1. The van der Waals surface area contributed by atoms with Crippen LogP contribution in [0, 0.1) is 0 Å². The van der Waals surface area contributed by atoms with Crippen LogP contribution in [-0.4, -0.2) is 17.1 Å². The van der Waals surface area contributed by atoms with E-state index < -0.39 is 0 Å². The first-order valence-corrected chi connectivity index (χ1v) is 6.85.